The Labute approximate surface area is 212 Å². The summed E-state index contributed by atoms with van der Waals surface area (Å²) in [6.07, 6.45) is 8.04. The van der Waals surface area contributed by atoms with Crippen molar-refractivity contribution in [2.45, 2.75) is 52.4 Å². The molecule has 0 heterocycles. The summed E-state index contributed by atoms with van der Waals surface area (Å²) in [4.78, 5) is 0. The molecular weight excluding hydrogens is 381 g/mol. The Bertz CT molecular complexity index is 224. The molecule has 23 heavy (non-hydrogen) atoms. The third kappa shape index (κ3) is 132. The van der Waals surface area contributed by atoms with Gasteiger partial charge in [0, 0.05) is 0 Å². The van der Waals surface area contributed by atoms with E-state index < -0.39 is 9.15 Å². The van der Waals surface area contributed by atoms with Crippen LogP contribution in [0.2, 0.25) is 0 Å². The SMILES string of the molecule is O.O.O.O.O.O=S(=O)(O)S.[CH2]CCCCCCC(C)C.[NaH].[NaH].[NaH]. The summed E-state index contributed by atoms with van der Waals surface area (Å²) >= 11 is 2.65. The van der Waals surface area contributed by atoms with Gasteiger partial charge in [-0.05, 0) is 17.6 Å². The van der Waals surface area contributed by atoms with Crippen molar-refractivity contribution in [3.05, 3.63) is 6.92 Å². The molecule has 0 saturated heterocycles. The number of thiol groups is 1. The predicted molar refractivity (Wildman–Crippen MR) is 108 cm³/mol. The summed E-state index contributed by atoms with van der Waals surface area (Å²) < 4.78 is 25.5. The predicted octanol–water partition coefficient (Wildman–Crippen LogP) is -2.53. The normalized spacial score (nSPS) is 7.22. The third-order valence-electron chi connectivity index (χ3n) is 1.78. The van der Waals surface area contributed by atoms with E-state index in [-0.39, 0.29) is 116 Å². The molecule has 8 nitrogen and oxygen atoms in total. The fraction of sp³-hybridized carbons (Fsp3) is 0.900. The van der Waals surface area contributed by atoms with Crippen molar-refractivity contribution in [3.63, 3.8) is 0 Å². The van der Waals surface area contributed by atoms with Crippen LogP contribution in [0.25, 0.3) is 0 Å². The average Bonchev–Trinajstić information content (AvgIpc) is 2.00. The Morgan fingerprint density at radius 2 is 1.13 bits per heavy atom. The van der Waals surface area contributed by atoms with Crippen molar-refractivity contribution in [1.29, 1.82) is 0 Å². The second-order valence-corrected chi connectivity index (χ2v) is 6.18. The van der Waals surface area contributed by atoms with Gasteiger partial charge in [-0.1, -0.05) is 59.3 Å². The van der Waals surface area contributed by atoms with E-state index in [1.807, 2.05) is 0 Å². The van der Waals surface area contributed by atoms with Gasteiger partial charge in [-0.2, -0.15) is 8.42 Å². The van der Waals surface area contributed by atoms with Crippen LogP contribution >= 0.6 is 11.7 Å². The zero-order valence-electron chi connectivity index (χ0n) is 12.1. The third-order valence-corrected chi connectivity index (χ3v) is 1.78. The number of hydrogen-bond donors (Lipinski definition) is 2. The molecule has 0 aliphatic rings. The first kappa shape index (κ1) is 63.5. The molecule has 0 bridgehead atoms. The maximum absolute atomic E-state index is 9.05. The van der Waals surface area contributed by atoms with Crippen LogP contribution in [0, 0.1) is 12.8 Å². The van der Waals surface area contributed by atoms with Crippen molar-refractivity contribution in [2.24, 2.45) is 5.92 Å². The minimum absolute atomic E-state index is 0. The van der Waals surface area contributed by atoms with Crippen molar-refractivity contribution in [1.82, 2.24) is 0 Å². The van der Waals surface area contributed by atoms with Crippen molar-refractivity contribution >= 4 is 109 Å². The Hall–Kier alpha value is 3.06. The van der Waals surface area contributed by atoms with Crippen LogP contribution < -0.4 is 0 Å². The molecule has 0 aromatic rings. The van der Waals surface area contributed by atoms with Gasteiger partial charge in [-0.25, -0.2) is 0 Å². The summed E-state index contributed by atoms with van der Waals surface area (Å²) in [5.41, 5.74) is 0. The van der Waals surface area contributed by atoms with Gasteiger partial charge in [0.05, 0.1) is 0 Å². The van der Waals surface area contributed by atoms with E-state index in [0.29, 0.717) is 0 Å². The molecule has 1 radical (unpaired) electrons. The summed E-state index contributed by atoms with van der Waals surface area (Å²) in [6, 6.07) is 0. The van der Waals surface area contributed by atoms with E-state index in [0.717, 1.165) is 12.3 Å². The van der Waals surface area contributed by atoms with Gasteiger partial charge in [0.1, 0.15) is 0 Å². The second kappa shape index (κ2) is 44.5. The standard InChI is InChI=1S/C10H21.3Na.H2O3S2.5H2O.3H/c1-4-5-6-7-8-9-10(2)3;;;;1-5(2,3)4;;;;;;;;/h10H,1,4-9H2,2-3H3;;;;(H2,1,2,3,4);5*1H2;;;. The van der Waals surface area contributed by atoms with Gasteiger partial charge in [-0.15, -0.1) is 0 Å². The topological polar surface area (TPSA) is 212 Å². The maximum atomic E-state index is 9.05. The molecule has 0 rings (SSSR count). The van der Waals surface area contributed by atoms with Gasteiger partial charge in [-0.3, -0.25) is 4.55 Å². The Morgan fingerprint density at radius 3 is 1.35 bits per heavy atom. The summed E-state index contributed by atoms with van der Waals surface area (Å²) in [7, 11) is -3.97. The van der Waals surface area contributed by atoms with Crippen LogP contribution in [0.5, 0.6) is 0 Å². The molecule has 0 aliphatic heterocycles. The number of hydrogen-bond acceptors (Lipinski definition) is 2. The molecule has 0 atom stereocenters. The molecule has 0 saturated carbocycles. The van der Waals surface area contributed by atoms with Gasteiger partial charge < -0.3 is 27.4 Å². The van der Waals surface area contributed by atoms with Gasteiger partial charge in [0.2, 0.25) is 0 Å². The molecule has 139 valence electrons. The monoisotopic (exact) mass is 417 g/mol. The molecule has 0 spiro atoms. The van der Waals surface area contributed by atoms with Crippen LogP contribution in [0.1, 0.15) is 52.4 Å². The number of unbranched alkanes of at least 4 members (excludes halogenated alkanes) is 4. The summed E-state index contributed by atoms with van der Waals surface area (Å²) in [6.45, 7) is 8.40. The molecule has 0 fully saturated rings. The van der Waals surface area contributed by atoms with Crippen LogP contribution in [0.3, 0.4) is 0 Å². The molecule has 11 N–H and O–H groups in total. The summed E-state index contributed by atoms with van der Waals surface area (Å²) in [5.74, 6) is 0.889. The van der Waals surface area contributed by atoms with Gasteiger partial charge in [0.15, 0.2) is 0 Å². The fourth-order valence-corrected chi connectivity index (χ4v) is 1.08. The zero-order chi connectivity index (χ0) is 12.3. The molecule has 0 aliphatic carbocycles. The summed E-state index contributed by atoms with van der Waals surface area (Å²) in [5, 5.41) is 0. The Balaban J connectivity index is -0.0000000149. The van der Waals surface area contributed by atoms with Gasteiger partial charge in [0.25, 0.3) is 0 Å². The molecule has 13 heteroatoms. The average molecular weight is 417 g/mol. The Morgan fingerprint density at radius 1 is 0.870 bits per heavy atom. The molecular formula is C10H36Na3O8S2. The molecule has 0 aromatic carbocycles. The first-order valence-corrected chi connectivity index (χ1v) is 7.75. The van der Waals surface area contributed by atoms with E-state index >= 15 is 0 Å². The number of rotatable bonds is 6. The zero-order valence-corrected chi connectivity index (χ0v) is 13.9. The first-order valence-electron chi connectivity index (χ1n) is 5.26. The van der Waals surface area contributed by atoms with E-state index in [2.05, 4.69) is 32.4 Å². The van der Waals surface area contributed by atoms with E-state index in [9.17, 15) is 0 Å². The molecule has 0 unspecified atom stereocenters. The second-order valence-electron chi connectivity index (χ2n) is 3.90. The van der Waals surface area contributed by atoms with Crippen molar-refractivity contribution in [3.8, 4) is 0 Å². The Kier molecular flexibility index (Phi) is 123. The van der Waals surface area contributed by atoms with E-state index in [1.54, 1.807) is 0 Å². The van der Waals surface area contributed by atoms with Crippen LogP contribution in [-0.4, -0.2) is 129 Å². The molecule has 0 aromatic heterocycles. The van der Waals surface area contributed by atoms with E-state index in [4.69, 9.17) is 13.0 Å². The van der Waals surface area contributed by atoms with Crippen molar-refractivity contribution in [2.75, 3.05) is 0 Å². The first-order chi connectivity index (χ1) is 6.77. The van der Waals surface area contributed by atoms with Crippen molar-refractivity contribution < 1.29 is 40.4 Å². The van der Waals surface area contributed by atoms with Gasteiger partial charge >= 0.3 is 97.8 Å². The minimum atomic E-state index is -3.97. The van der Waals surface area contributed by atoms with Crippen LogP contribution in [0.15, 0.2) is 0 Å². The quantitative estimate of drug-likeness (QED) is 0.157. The van der Waals surface area contributed by atoms with Crippen LogP contribution in [-0.2, 0) is 9.15 Å². The molecule has 0 amide bonds. The van der Waals surface area contributed by atoms with E-state index in [1.165, 1.54) is 32.1 Å². The fourth-order valence-electron chi connectivity index (χ4n) is 1.08. The van der Waals surface area contributed by atoms with Crippen LogP contribution in [0.4, 0.5) is 0 Å².